The fourth-order valence-corrected chi connectivity index (χ4v) is 2.84. The van der Waals surface area contributed by atoms with Crippen molar-refractivity contribution in [2.75, 3.05) is 6.54 Å². The van der Waals surface area contributed by atoms with Crippen LogP contribution in [0.2, 0.25) is 0 Å². The van der Waals surface area contributed by atoms with Crippen LogP contribution in [0.1, 0.15) is 65.9 Å². The summed E-state index contributed by atoms with van der Waals surface area (Å²) in [7, 11) is 0. The van der Waals surface area contributed by atoms with Crippen LogP contribution in [0.3, 0.4) is 0 Å². The van der Waals surface area contributed by atoms with Crippen molar-refractivity contribution in [3.63, 3.8) is 0 Å². The molecule has 0 aliphatic heterocycles. The van der Waals surface area contributed by atoms with Gasteiger partial charge in [0.25, 0.3) is 0 Å². The molecule has 2 heteroatoms. The van der Waals surface area contributed by atoms with E-state index in [1.807, 2.05) is 0 Å². The van der Waals surface area contributed by atoms with Gasteiger partial charge in [0.05, 0.1) is 0 Å². The average molecular weight is 289 g/mol. The van der Waals surface area contributed by atoms with Crippen molar-refractivity contribution in [1.82, 2.24) is 5.32 Å². The maximum absolute atomic E-state index is 6.42. The molecule has 1 fully saturated rings. The third-order valence-electron chi connectivity index (χ3n) is 4.43. The van der Waals surface area contributed by atoms with Crippen molar-refractivity contribution in [2.24, 2.45) is 0 Å². The minimum absolute atomic E-state index is 0.0679. The van der Waals surface area contributed by atoms with E-state index in [-0.39, 0.29) is 11.0 Å². The molecule has 2 nitrogen and oxygen atoms in total. The van der Waals surface area contributed by atoms with E-state index in [1.54, 1.807) is 0 Å². The molecule has 1 aliphatic carbocycles. The Balaban J connectivity index is 2.01. The zero-order chi connectivity index (χ0) is 15.5. The standard InChI is InChI=1S/C19H31NO/c1-15(2)20-13-12-19(10-7-11-19)21-17-9-6-8-16(14-17)18(3,4)5/h6,8-9,14-15,20H,7,10-13H2,1-5H3. The van der Waals surface area contributed by atoms with Crippen LogP contribution in [0.25, 0.3) is 0 Å². The molecule has 1 N–H and O–H groups in total. The summed E-state index contributed by atoms with van der Waals surface area (Å²) in [5, 5.41) is 3.51. The molecule has 0 heterocycles. The normalized spacial score (nSPS) is 17.6. The molecule has 1 saturated carbocycles. The van der Waals surface area contributed by atoms with Crippen LogP contribution in [-0.2, 0) is 5.41 Å². The van der Waals surface area contributed by atoms with Gasteiger partial charge in [0.15, 0.2) is 0 Å². The fourth-order valence-electron chi connectivity index (χ4n) is 2.84. The van der Waals surface area contributed by atoms with E-state index in [2.05, 4.69) is 64.2 Å². The monoisotopic (exact) mass is 289 g/mol. The van der Waals surface area contributed by atoms with Gasteiger partial charge in [-0.2, -0.15) is 0 Å². The quantitative estimate of drug-likeness (QED) is 0.821. The number of rotatable bonds is 6. The second-order valence-corrected chi connectivity index (χ2v) is 7.78. The lowest BCUT2D eigenvalue weighted by Crippen LogP contribution is -2.46. The van der Waals surface area contributed by atoms with Crippen LogP contribution in [-0.4, -0.2) is 18.2 Å². The SMILES string of the molecule is CC(C)NCCC1(Oc2cccc(C(C)(C)C)c2)CCC1. The van der Waals surface area contributed by atoms with E-state index in [0.29, 0.717) is 6.04 Å². The lowest BCUT2D eigenvalue weighted by molar-refractivity contribution is -0.0146. The Hall–Kier alpha value is -1.02. The highest BCUT2D eigenvalue weighted by Gasteiger charge is 2.38. The van der Waals surface area contributed by atoms with Crippen molar-refractivity contribution in [1.29, 1.82) is 0 Å². The Morgan fingerprint density at radius 1 is 1.24 bits per heavy atom. The molecular formula is C19H31NO. The number of benzene rings is 1. The van der Waals surface area contributed by atoms with E-state index in [1.165, 1.54) is 24.8 Å². The average Bonchev–Trinajstić information content (AvgIpc) is 2.34. The summed E-state index contributed by atoms with van der Waals surface area (Å²) in [6.45, 7) is 12.2. The first-order valence-corrected chi connectivity index (χ1v) is 8.34. The van der Waals surface area contributed by atoms with Crippen molar-refractivity contribution >= 4 is 0 Å². The van der Waals surface area contributed by atoms with Gasteiger partial charge in [-0.3, -0.25) is 0 Å². The first kappa shape index (κ1) is 16.4. The van der Waals surface area contributed by atoms with E-state index in [0.717, 1.165) is 18.7 Å². The molecule has 21 heavy (non-hydrogen) atoms. The molecule has 1 aliphatic rings. The summed E-state index contributed by atoms with van der Waals surface area (Å²) < 4.78 is 6.42. The molecule has 1 aromatic carbocycles. The van der Waals surface area contributed by atoms with Crippen molar-refractivity contribution in [3.05, 3.63) is 29.8 Å². The van der Waals surface area contributed by atoms with Gasteiger partial charge >= 0.3 is 0 Å². The summed E-state index contributed by atoms with van der Waals surface area (Å²) in [4.78, 5) is 0. The van der Waals surface area contributed by atoms with Crippen molar-refractivity contribution in [3.8, 4) is 5.75 Å². The predicted molar refractivity (Wildman–Crippen MR) is 90.1 cm³/mol. The zero-order valence-electron chi connectivity index (χ0n) is 14.3. The highest BCUT2D eigenvalue weighted by Crippen LogP contribution is 2.40. The van der Waals surface area contributed by atoms with Gasteiger partial charge in [-0.05, 0) is 55.3 Å². The molecule has 0 aromatic heterocycles. The topological polar surface area (TPSA) is 21.3 Å². The summed E-state index contributed by atoms with van der Waals surface area (Å²) in [5.41, 5.74) is 1.58. The summed E-state index contributed by atoms with van der Waals surface area (Å²) in [5.74, 6) is 1.03. The van der Waals surface area contributed by atoms with Crippen LogP contribution >= 0.6 is 0 Å². The second kappa shape index (κ2) is 6.39. The summed E-state index contributed by atoms with van der Waals surface area (Å²) in [6.07, 6.45) is 4.77. The van der Waals surface area contributed by atoms with E-state index in [4.69, 9.17) is 4.74 Å². The van der Waals surface area contributed by atoms with Gasteiger partial charge in [-0.1, -0.05) is 46.8 Å². The minimum atomic E-state index is 0.0679. The lowest BCUT2D eigenvalue weighted by Gasteiger charge is -2.42. The van der Waals surface area contributed by atoms with Crippen LogP contribution in [0.4, 0.5) is 0 Å². The summed E-state index contributed by atoms with van der Waals surface area (Å²) in [6, 6.07) is 9.18. The highest BCUT2D eigenvalue weighted by molar-refractivity contribution is 5.33. The number of nitrogens with one attached hydrogen (secondary N) is 1. The molecule has 0 unspecified atom stereocenters. The zero-order valence-corrected chi connectivity index (χ0v) is 14.3. The van der Waals surface area contributed by atoms with Crippen molar-refractivity contribution in [2.45, 2.75) is 77.4 Å². The number of hydrogen-bond acceptors (Lipinski definition) is 2. The van der Waals surface area contributed by atoms with Crippen LogP contribution in [0, 0.1) is 0 Å². The Labute approximate surface area is 130 Å². The Bertz CT molecular complexity index is 455. The molecule has 118 valence electrons. The second-order valence-electron chi connectivity index (χ2n) is 7.78. The largest absolute Gasteiger partial charge is 0.487 e. The molecule has 2 rings (SSSR count). The van der Waals surface area contributed by atoms with Gasteiger partial charge in [-0.15, -0.1) is 0 Å². The van der Waals surface area contributed by atoms with Crippen LogP contribution in [0.5, 0.6) is 5.75 Å². The van der Waals surface area contributed by atoms with E-state index < -0.39 is 0 Å². The molecule has 0 spiro atoms. The number of ether oxygens (including phenoxy) is 1. The molecule has 0 bridgehead atoms. The van der Waals surface area contributed by atoms with E-state index in [9.17, 15) is 0 Å². The lowest BCUT2D eigenvalue weighted by atomic mass is 9.77. The molecule has 0 atom stereocenters. The maximum atomic E-state index is 6.42. The molecule has 0 saturated heterocycles. The van der Waals surface area contributed by atoms with Gasteiger partial charge < -0.3 is 10.1 Å². The predicted octanol–water partition coefficient (Wildman–Crippen LogP) is 4.67. The van der Waals surface area contributed by atoms with Gasteiger partial charge in [0.2, 0.25) is 0 Å². The van der Waals surface area contributed by atoms with Gasteiger partial charge in [0, 0.05) is 6.04 Å². The Morgan fingerprint density at radius 3 is 2.48 bits per heavy atom. The third kappa shape index (κ3) is 4.47. The van der Waals surface area contributed by atoms with Gasteiger partial charge in [-0.25, -0.2) is 0 Å². The Morgan fingerprint density at radius 2 is 1.95 bits per heavy atom. The summed E-state index contributed by atoms with van der Waals surface area (Å²) >= 11 is 0. The molecule has 1 aromatic rings. The Kier molecular flexibility index (Phi) is 4.98. The first-order chi connectivity index (χ1) is 9.81. The van der Waals surface area contributed by atoms with Gasteiger partial charge in [0.1, 0.15) is 11.4 Å². The highest BCUT2D eigenvalue weighted by atomic mass is 16.5. The molecule has 0 radical (unpaired) electrons. The van der Waals surface area contributed by atoms with Crippen LogP contribution in [0.15, 0.2) is 24.3 Å². The first-order valence-electron chi connectivity index (χ1n) is 8.34. The number of hydrogen-bond donors (Lipinski definition) is 1. The molecule has 0 amide bonds. The maximum Gasteiger partial charge on any atom is 0.120 e. The van der Waals surface area contributed by atoms with Crippen LogP contribution < -0.4 is 10.1 Å². The fraction of sp³-hybridized carbons (Fsp3) is 0.684. The van der Waals surface area contributed by atoms with E-state index >= 15 is 0 Å². The molecular weight excluding hydrogens is 258 g/mol. The van der Waals surface area contributed by atoms with Crippen molar-refractivity contribution < 1.29 is 4.74 Å². The minimum Gasteiger partial charge on any atom is -0.487 e. The smallest absolute Gasteiger partial charge is 0.120 e. The third-order valence-corrected chi connectivity index (χ3v) is 4.43.